The molecule has 0 saturated carbocycles. The molecule has 62 valence electrons. The van der Waals surface area contributed by atoms with Crippen LogP contribution in [-0.2, 0) is 0 Å². The first-order chi connectivity index (χ1) is 5.31. The van der Waals surface area contributed by atoms with E-state index < -0.39 is 0 Å². The first-order valence-corrected chi connectivity index (χ1v) is 3.72. The molecule has 0 radical (unpaired) electrons. The Hall–Kier alpha value is -0.890. The van der Waals surface area contributed by atoms with Crippen LogP contribution >= 0.6 is 0 Å². The summed E-state index contributed by atoms with van der Waals surface area (Å²) in [5.41, 5.74) is 5.03. The standard InChI is InChI=1S/C6H5F.C3H9N/c7-6-4-2-1-3-5-6;1-2-3-4/h1-5H;2-4H2,1H3. The van der Waals surface area contributed by atoms with Gasteiger partial charge in [-0.3, -0.25) is 0 Å². The predicted octanol–water partition coefficient (Wildman–Crippen LogP) is 2.18. The van der Waals surface area contributed by atoms with Crippen molar-refractivity contribution in [1.29, 1.82) is 0 Å². The third-order valence-corrected chi connectivity index (χ3v) is 1.02. The average Bonchev–Trinajstić information content (AvgIpc) is 2.07. The second-order valence-electron chi connectivity index (χ2n) is 2.08. The fourth-order valence-electron chi connectivity index (χ4n) is 0.415. The second kappa shape index (κ2) is 7.22. The van der Waals surface area contributed by atoms with E-state index in [0.717, 1.165) is 13.0 Å². The van der Waals surface area contributed by atoms with E-state index in [1.807, 2.05) is 0 Å². The van der Waals surface area contributed by atoms with Crippen molar-refractivity contribution < 1.29 is 4.39 Å². The van der Waals surface area contributed by atoms with Gasteiger partial charge in [-0.2, -0.15) is 0 Å². The van der Waals surface area contributed by atoms with Crippen LogP contribution in [0.1, 0.15) is 13.3 Å². The van der Waals surface area contributed by atoms with E-state index in [4.69, 9.17) is 5.73 Å². The second-order valence-corrected chi connectivity index (χ2v) is 2.08. The highest BCUT2D eigenvalue weighted by atomic mass is 19.1. The Morgan fingerprint density at radius 2 is 1.73 bits per heavy atom. The molecule has 0 aliphatic rings. The molecule has 1 aromatic rings. The van der Waals surface area contributed by atoms with Crippen molar-refractivity contribution >= 4 is 0 Å². The van der Waals surface area contributed by atoms with Gasteiger partial charge in [-0.15, -0.1) is 0 Å². The third kappa shape index (κ3) is 7.00. The maximum Gasteiger partial charge on any atom is 0.123 e. The Balaban J connectivity index is 0.000000218. The van der Waals surface area contributed by atoms with Gasteiger partial charge in [0.25, 0.3) is 0 Å². The van der Waals surface area contributed by atoms with E-state index in [1.54, 1.807) is 18.2 Å². The first kappa shape index (κ1) is 10.1. The van der Waals surface area contributed by atoms with Crippen LogP contribution in [0.4, 0.5) is 4.39 Å². The van der Waals surface area contributed by atoms with Gasteiger partial charge in [0.2, 0.25) is 0 Å². The van der Waals surface area contributed by atoms with Crippen molar-refractivity contribution in [2.75, 3.05) is 6.54 Å². The molecule has 1 nitrogen and oxygen atoms in total. The lowest BCUT2D eigenvalue weighted by molar-refractivity contribution is 0.628. The van der Waals surface area contributed by atoms with Gasteiger partial charge in [0.05, 0.1) is 0 Å². The fraction of sp³-hybridized carbons (Fsp3) is 0.333. The van der Waals surface area contributed by atoms with Crippen LogP contribution in [0.3, 0.4) is 0 Å². The molecule has 1 rings (SSSR count). The van der Waals surface area contributed by atoms with E-state index in [1.165, 1.54) is 12.1 Å². The summed E-state index contributed by atoms with van der Waals surface area (Å²) >= 11 is 0. The van der Waals surface area contributed by atoms with E-state index >= 15 is 0 Å². The highest BCUT2D eigenvalue weighted by molar-refractivity contribution is 5.02. The van der Waals surface area contributed by atoms with Gasteiger partial charge in [-0.05, 0) is 25.1 Å². The molecule has 11 heavy (non-hydrogen) atoms. The van der Waals surface area contributed by atoms with Crippen LogP contribution in [-0.4, -0.2) is 6.54 Å². The zero-order valence-corrected chi connectivity index (χ0v) is 6.76. The Labute approximate surface area is 67.0 Å². The summed E-state index contributed by atoms with van der Waals surface area (Å²) in [6.07, 6.45) is 1.10. The van der Waals surface area contributed by atoms with Crippen molar-refractivity contribution in [1.82, 2.24) is 0 Å². The van der Waals surface area contributed by atoms with Crippen LogP contribution < -0.4 is 5.73 Å². The lowest BCUT2D eigenvalue weighted by Gasteiger charge is -1.78. The topological polar surface area (TPSA) is 26.0 Å². The molecule has 0 aliphatic carbocycles. The largest absolute Gasteiger partial charge is 0.330 e. The minimum Gasteiger partial charge on any atom is -0.330 e. The molecular formula is C9H14FN. The number of halogens is 1. The normalized spacial score (nSPS) is 8.27. The molecule has 0 atom stereocenters. The molecule has 0 aromatic heterocycles. The van der Waals surface area contributed by atoms with Crippen LogP contribution in [0.25, 0.3) is 0 Å². The molecule has 0 fully saturated rings. The number of nitrogens with two attached hydrogens (primary N) is 1. The lowest BCUT2D eigenvalue weighted by Crippen LogP contribution is -1.93. The summed E-state index contributed by atoms with van der Waals surface area (Å²) in [4.78, 5) is 0. The van der Waals surface area contributed by atoms with Gasteiger partial charge >= 0.3 is 0 Å². The summed E-state index contributed by atoms with van der Waals surface area (Å²) in [7, 11) is 0. The molecule has 2 heteroatoms. The molecule has 0 aliphatic heterocycles. The van der Waals surface area contributed by atoms with E-state index in [9.17, 15) is 4.39 Å². The Morgan fingerprint density at radius 3 is 1.91 bits per heavy atom. The Morgan fingerprint density at radius 1 is 1.27 bits per heavy atom. The summed E-state index contributed by atoms with van der Waals surface area (Å²) in [5, 5.41) is 0. The predicted molar refractivity (Wildman–Crippen MR) is 45.7 cm³/mol. The van der Waals surface area contributed by atoms with Gasteiger partial charge in [0, 0.05) is 0 Å². The SMILES string of the molecule is CCCN.Fc1ccccc1. The van der Waals surface area contributed by atoms with Crippen molar-refractivity contribution in [2.24, 2.45) is 5.73 Å². The molecule has 0 saturated heterocycles. The number of hydrogen-bond acceptors (Lipinski definition) is 1. The number of hydrogen-bond donors (Lipinski definition) is 1. The maximum atomic E-state index is 11.9. The van der Waals surface area contributed by atoms with Gasteiger partial charge in [-0.25, -0.2) is 4.39 Å². The van der Waals surface area contributed by atoms with Crippen LogP contribution in [0.2, 0.25) is 0 Å². The molecule has 0 unspecified atom stereocenters. The zero-order chi connectivity index (χ0) is 8.53. The molecule has 0 spiro atoms. The molecule has 0 bridgehead atoms. The van der Waals surface area contributed by atoms with Crippen molar-refractivity contribution in [3.63, 3.8) is 0 Å². The quantitative estimate of drug-likeness (QED) is 0.661. The van der Waals surface area contributed by atoms with Gasteiger partial charge in [0.1, 0.15) is 5.82 Å². The minimum absolute atomic E-state index is 0.178. The highest BCUT2D eigenvalue weighted by Crippen LogP contribution is 1.91. The third-order valence-electron chi connectivity index (χ3n) is 1.02. The van der Waals surface area contributed by atoms with E-state index in [-0.39, 0.29) is 5.82 Å². The van der Waals surface area contributed by atoms with Crippen molar-refractivity contribution in [3.8, 4) is 0 Å². The molecule has 0 amide bonds. The van der Waals surface area contributed by atoms with Crippen molar-refractivity contribution in [3.05, 3.63) is 36.1 Å². The van der Waals surface area contributed by atoms with Gasteiger partial charge in [-0.1, -0.05) is 25.1 Å². The monoisotopic (exact) mass is 155 g/mol. The molecular weight excluding hydrogens is 141 g/mol. The Bertz CT molecular complexity index is 160. The highest BCUT2D eigenvalue weighted by Gasteiger charge is 1.77. The minimum atomic E-state index is -0.178. The maximum absolute atomic E-state index is 11.9. The average molecular weight is 155 g/mol. The number of rotatable bonds is 1. The van der Waals surface area contributed by atoms with Gasteiger partial charge in [0.15, 0.2) is 0 Å². The van der Waals surface area contributed by atoms with E-state index in [2.05, 4.69) is 6.92 Å². The fourth-order valence-corrected chi connectivity index (χ4v) is 0.415. The zero-order valence-electron chi connectivity index (χ0n) is 6.76. The first-order valence-electron chi connectivity index (χ1n) is 3.72. The molecule has 1 aromatic carbocycles. The van der Waals surface area contributed by atoms with E-state index in [0.29, 0.717) is 0 Å². The smallest absolute Gasteiger partial charge is 0.123 e. The van der Waals surface area contributed by atoms with Crippen LogP contribution in [0.15, 0.2) is 30.3 Å². The molecule has 2 N–H and O–H groups in total. The summed E-state index contributed by atoms with van der Waals surface area (Å²) < 4.78 is 11.9. The summed E-state index contributed by atoms with van der Waals surface area (Å²) in [6.45, 7) is 2.88. The van der Waals surface area contributed by atoms with Crippen LogP contribution in [0.5, 0.6) is 0 Å². The Kier molecular flexibility index (Phi) is 6.64. The lowest BCUT2D eigenvalue weighted by atomic mass is 10.4. The number of benzene rings is 1. The van der Waals surface area contributed by atoms with Crippen LogP contribution in [0, 0.1) is 5.82 Å². The summed E-state index contributed by atoms with van der Waals surface area (Å²) in [5.74, 6) is -0.178. The van der Waals surface area contributed by atoms with Gasteiger partial charge < -0.3 is 5.73 Å². The summed E-state index contributed by atoms with van der Waals surface area (Å²) in [6, 6.07) is 7.94. The molecule has 0 heterocycles. The van der Waals surface area contributed by atoms with Crippen molar-refractivity contribution in [2.45, 2.75) is 13.3 Å².